The van der Waals surface area contributed by atoms with E-state index in [-0.39, 0.29) is 5.91 Å². The molecule has 3 aliphatic heterocycles. The SMILES string of the molecule is O=C(C1=COCCO1)N1CCCC(C2CCCN2)C1. The number of nitrogens with one attached hydrogen (secondary N) is 1. The third kappa shape index (κ3) is 2.86. The minimum Gasteiger partial charge on any atom is -0.494 e. The van der Waals surface area contributed by atoms with Crippen LogP contribution in [0.3, 0.4) is 0 Å². The molecule has 0 aromatic heterocycles. The van der Waals surface area contributed by atoms with Crippen LogP contribution in [0.2, 0.25) is 0 Å². The van der Waals surface area contributed by atoms with Crippen molar-refractivity contribution in [2.24, 2.45) is 5.92 Å². The van der Waals surface area contributed by atoms with Gasteiger partial charge in [-0.3, -0.25) is 4.79 Å². The molecule has 2 fully saturated rings. The Morgan fingerprint density at radius 2 is 2.26 bits per heavy atom. The Bertz CT molecular complexity index is 364. The van der Waals surface area contributed by atoms with E-state index in [4.69, 9.17) is 9.47 Å². The Kier molecular flexibility index (Phi) is 3.92. The zero-order valence-corrected chi connectivity index (χ0v) is 11.3. The van der Waals surface area contributed by atoms with E-state index in [1.165, 1.54) is 25.5 Å². The second-order valence-corrected chi connectivity index (χ2v) is 5.56. The van der Waals surface area contributed by atoms with Gasteiger partial charge in [0.1, 0.15) is 19.5 Å². The largest absolute Gasteiger partial charge is 0.494 e. The van der Waals surface area contributed by atoms with Crippen molar-refractivity contribution in [3.8, 4) is 0 Å². The molecular weight excluding hydrogens is 244 g/mol. The molecule has 19 heavy (non-hydrogen) atoms. The summed E-state index contributed by atoms with van der Waals surface area (Å²) >= 11 is 0. The molecular formula is C14H22N2O3. The fraction of sp³-hybridized carbons (Fsp3) is 0.786. The normalized spacial score (nSPS) is 31.4. The van der Waals surface area contributed by atoms with Crippen LogP contribution in [0.15, 0.2) is 12.0 Å². The first-order valence-corrected chi connectivity index (χ1v) is 7.32. The van der Waals surface area contributed by atoms with Crippen molar-refractivity contribution in [2.75, 3.05) is 32.8 Å². The number of carbonyl (C=O) groups excluding carboxylic acids is 1. The smallest absolute Gasteiger partial charge is 0.292 e. The molecule has 2 saturated heterocycles. The van der Waals surface area contributed by atoms with Gasteiger partial charge in [-0.2, -0.15) is 0 Å². The number of nitrogens with zero attached hydrogens (tertiary/aromatic N) is 1. The van der Waals surface area contributed by atoms with Crippen molar-refractivity contribution >= 4 is 5.91 Å². The van der Waals surface area contributed by atoms with E-state index < -0.39 is 0 Å². The molecule has 3 rings (SSSR count). The lowest BCUT2D eigenvalue weighted by Crippen LogP contribution is -2.46. The van der Waals surface area contributed by atoms with Crippen LogP contribution in [0, 0.1) is 5.92 Å². The van der Waals surface area contributed by atoms with Gasteiger partial charge in [0.2, 0.25) is 5.76 Å². The first-order chi connectivity index (χ1) is 9.34. The predicted molar refractivity (Wildman–Crippen MR) is 70.3 cm³/mol. The summed E-state index contributed by atoms with van der Waals surface area (Å²) in [7, 11) is 0. The highest BCUT2D eigenvalue weighted by molar-refractivity contribution is 5.91. The van der Waals surface area contributed by atoms with Crippen LogP contribution < -0.4 is 5.32 Å². The van der Waals surface area contributed by atoms with Gasteiger partial charge in [-0.15, -0.1) is 0 Å². The lowest BCUT2D eigenvalue weighted by atomic mass is 9.89. The van der Waals surface area contributed by atoms with Crippen LogP contribution in [0.5, 0.6) is 0 Å². The van der Waals surface area contributed by atoms with Gasteiger partial charge in [0.25, 0.3) is 5.91 Å². The monoisotopic (exact) mass is 266 g/mol. The number of ether oxygens (including phenoxy) is 2. The van der Waals surface area contributed by atoms with Gasteiger partial charge in [0.05, 0.1) is 0 Å². The molecule has 0 saturated carbocycles. The fourth-order valence-corrected chi connectivity index (χ4v) is 3.27. The molecule has 0 aromatic rings. The lowest BCUT2D eigenvalue weighted by molar-refractivity contribution is -0.134. The highest BCUT2D eigenvalue weighted by Gasteiger charge is 2.32. The van der Waals surface area contributed by atoms with Crippen molar-refractivity contribution in [3.63, 3.8) is 0 Å². The second-order valence-electron chi connectivity index (χ2n) is 5.56. The minimum atomic E-state index is -0.0117. The third-order valence-corrected chi connectivity index (χ3v) is 4.27. The number of likely N-dealkylation sites (tertiary alicyclic amines) is 1. The lowest BCUT2D eigenvalue weighted by Gasteiger charge is -2.36. The van der Waals surface area contributed by atoms with Gasteiger partial charge in [0, 0.05) is 19.1 Å². The van der Waals surface area contributed by atoms with Gasteiger partial charge >= 0.3 is 0 Å². The zero-order valence-electron chi connectivity index (χ0n) is 11.3. The average Bonchev–Trinajstić information content (AvgIpc) is 3.02. The predicted octanol–water partition coefficient (Wildman–Crippen LogP) is 0.865. The maximum atomic E-state index is 12.3. The number of amides is 1. The number of rotatable bonds is 2. The molecule has 3 aliphatic rings. The quantitative estimate of drug-likeness (QED) is 0.805. The molecule has 0 aliphatic carbocycles. The van der Waals surface area contributed by atoms with Gasteiger partial charge < -0.3 is 19.7 Å². The van der Waals surface area contributed by atoms with Gasteiger partial charge in [-0.05, 0) is 38.1 Å². The topological polar surface area (TPSA) is 50.8 Å². The Morgan fingerprint density at radius 3 is 3.00 bits per heavy atom. The third-order valence-electron chi connectivity index (χ3n) is 4.27. The van der Waals surface area contributed by atoms with E-state index in [0.29, 0.717) is 30.9 Å². The maximum absolute atomic E-state index is 12.3. The van der Waals surface area contributed by atoms with Crippen LogP contribution in [-0.2, 0) is 14.3 Å². The van der Waals surface area contributed by atoms with Crippen LogP contribution in [0.1, 0.15) is 25.7 Å². The second kappa shape index (κ2) is 5.82. The number of carbonyl (C=O) groups is 1. The standard InChI is InChI=1S/C14H22N2O3/c17-14(13-10-18-7-8-19-13)16-6-2-3-11(9-16)12-4-1-5-15-12/h10-12,15H,1-9H2. The highest BCUT2D eigenvalue weighted by atomic mass is 16.6. The summed E-state index contributed by atoms with van der Waals surface area (Å²) in [5, 5.41) is 3.56. The van der Waals surface area contributed by atoms with Gasteiger partial charge in [0.15, 0.2) is 0 Å². The molecule has 0 radical (unpaired) electrons. The Morgan fingerprint density at radius 1 is 1.32 bits per heavy atom. The van der Waals surface area contributed by atoms with Crippen molar-refractivity contribution < 1.29 is 14.3 Å². The zero-order chi connectivity index (χ0) is 13.1. The van der Waals surface area contributed by atoms with Gasteiger partial charge in [-0.25, -0.2) is 0 Å². The molecule has 5 heteroatoms. The minimum absolute atomic E-state index is 0.0117. The maximum Gasteiger partial charge on any atom is 0.292 e. The van der Waals surface area contributed by atoms with E-state index in [1.807, 2.05) is 4.90 Å². The van der Waals surface area contributed by atoms with Crippen molar-refractivity contribution in [3.05, 3.63) is 12.0 Å². The number of hydrogen-bond donors (Lipinski definition) is 1. The molecule has 2 unspecified atom stereocenters. The molecule has 3 heterocycles. The van der Waals surface area contributed by atoms with Crippen molar-refractivity contribution in [1.29, 1.82) is 0 Å². The summed E-state index contributed by atoms with van der Waals surface area (Å²) < 4.78 is 10.6. The number of hydrogen-bond acceptors (Lipinski definition) is 4. The molecule has 0 aromatic carbocycles. The molecule has 1 N–H and O–H groups in total. The highest BCUT2D eigenvalue weighted by Crippen LogP contribution is 2.25. The van der Waals surface area contributed by atoms with Crippen molar-refractivity contribution in [2.45, 2.75) is 31.7 Å². The van der Waals surface area contributed by atoms with E-state index >= 15 is 0 Å². The van der Waals surface area contributed by atoms with E-state index in [0.717, 1.165) is 26.1 Å². The van der Waals surface area contributed by atoms with Crippen LogP contribution in [-0.4, -0.2) is 49.7 Å². The average molecular weight is 266 g/mol. The first-order valence-electron chi connectivity index (χ1n) is 7.32. The Labute approximate surface area is 113 Å². The summed E-state index contributed by atoms with van der Waals surface area (Å²) in [6.45, 7) is 3.81. The molecule has 1 amide bonds. The van der Waals surface area contributed by atoms with E-state index in [1.54, 1.807) is 0 Å². The summed E-state index contributed by atoms with van der Waals surface area (Å²) in [6, 6.07) is 0.591. The van der Waals surface area contributed by atoms with Crippen molar-refractivity contribution in [1.82, 2.24) is 10.2 Å². The number of piperidine rings is 1. The van der Waals surface area contributed by atoms with Crippen LogP contribution in [0.25, 0.3) is 0 Å². The molecule has 5 nitrogen and oxygen atoms in total. The molecule has 2 atom stereocenters. The van der Waals surface area contributed by atoms with Gasteiger partial charge in [-0.1, -0.05) is 0 Å². The first kappa shape index (κ1) is 12.8. The van der Waals surface area contributed by atoms with Crippen LogP contribution >= 0.6 is 0 Å². The summed E-state index contributed by atoms with van der Waals surface area (Å²) in [4.78, 5) is 14.3. The Hall–Kier alpha value is -1.23. The summed E-state index contributed by atoms with van der Waals surface area (Å²) in [6.07, 6.45) is 6.27. The fourth-order valence-electron chi connectivity index (χ4n) is 3.27. The summed E-state index contributed by atoms with van der Waals surface area (Å²) in [5.41, 5.74) is 0. The Balaban J connectivity index is 1.60. The molecule has 106 valence electrons. The van der Waals surface area contributed by atoms with E-state index in [9.17, 15) is 4.79 Å². The molecule has 0 spiro atoms. The van der Waals surface area contributed by atoms with E-state index in [2.05, 4.69) is 5.32 Å². The van der Waals surface area contributed by atoms with Crippen LogP contribution in [0.4, 0.5) is 0 Å². The molecule has 0 bridgehead atoms. The summed E-state index contributed by atoms with van der Waals surface area (Å²) in [5.74, 6) is 0.944.